The van der Waals surface area contributed by atoms with Gasteiger partial charge >= 0.3 is 0 Å². The SMILES string of the molecule is CC(CNC1CC1)CC1CCOC2(CCCC2)C1. The first-order chi connectivity index (χ1) is 8.76. The maximum Gasteiger partial charge on any atom is 0.0685 e. The first-order valence-corrected chi connectivity index (χ1v) is 8.13. The van der Waals surface area contributed by atoms with Crippen molar-refractivity contribution in [3.63, 3.8) is 0 Å². The molecule has 0 aromatic heterocycles. The second-order valence-electron chi connectivity index (χ2n) is 7.12. The molecule has 2 unspecified atom stereocenters. The van der Waals surface area contributed by atoms with Crippen molar-refractivity contribution in [2.75, 3.05) is 13.2 Å². The third-order valence-corrected chi connectivity index (χ3v) is 5.18. The lowest BCUT2D eigenvalue weighted by atomic mass is 9.80. The number of hydrogen-bond acceptors (Lipinski definition) is 2. The molecule has 2 atom stereocenters. The highest BCUT2D eigenvalue weighted by Gasteiger charge is 2.39. The molecule has 18 heavy (non-hydrogen) atoms. The van der Waals surface area contributed by atoms with E-state index in [2.05, 4.69) is 12.2 Å². The van der Waals surface area contributed by atoms with Crippen LogP contribution in [0.5, 0.6) is 0 Å². The zero-order valence-corrected chi connectivity index (χ0v) is 11.9. The molecule has 1 heterocycles. The van der Waals surface area contributed by atoms with Gasteiger partial charge in [-0.05, 0) is 63.3 Å². The summed E-state index contributed by atoms with van der Waals surface area (Å²) in [5.74, 6) is 1.76. The molecule has 3 rings (SSSR count). The zero-order valence-electron chi connectivity index (χ0n) is 11.9. The molecule has 2 nitrogen and oxygen atoms in total. The van der Waals surface area contributed by atoms with Crippen LogP contribution in [0.1, 0.15) is 64.7 Å². The van der Waals surface area contributed by atoms with E-state index in [1.165, 1.54) is 64.3 Å². The van der Waals surface area contributed by atoms with Crippen molar-refractivity contribution in [2.24, 2.45) is 11.8 Å². The van der Waals surface area contributed by atoms with Crippen LogP contribution < -0.4 is 5.32 Å². The Labute approximate surface area is 112 Å². The minimum atomic E-state index is 0.312. The van der Waals surface area contributed by atoms with Crippen LogP contribution in [0.4, 0.5) is 0 Å². The lowest BCUT2D eigenvalue weighted by molar-refractivity contribution is -0.0953. The van der Waals surface area contributed by atoms with Crippen molar-refractivity contribution < 1.29 is 4.74 Å². The van der Waals surface area contributed by atoms with Gasteiger partial charge in [-0.15, -0.1) is 0 Å². The molecule has 0 bridgehead atoms. The Morgan fingerprint density at radius 2 is 2.00 bits per heavy atom. The molecule has 2 aliphatic carbocycles. The van der Waals surface area contributed by atoms with Crippen molar-refractivity contribution in [1.29, 1.82) is 0 Å². The summed E-state index contributed by atoms with van der Waals surface area (Å²) in [5.41, 5.74) is 0.312. The third-order valence-electron chi connectivity index (χ3n) is 5.18. The van der Waals surface area contributed by atoms with E-state index >= 15 is 0 Å². The highest BCUT2D eigenvalue weighted by Crippen LogP contribution is 2.43. The molecule has 3 fully saturated rings. The number of hydrogen-bond donors (Lipinski definition) is 1. The maximum atomic E-state index is 6.13. The minimum absolute atomic E-state index is 0.312. The van der Waals surface area contributed by atoms with Gasteiger partial charge in [0.1, 0.15) is 0 Å². The predicted octanol–water partition coefficient (Wildman–Crippen LogP) is 3.50. The summed E-state index contributed by atoms with van der Waals surface area (Å²) in [6.07, 6.45) is 12.3. The summed E-state index contributed by atoms with van der Waals surface area (Å²) >= 11 is 0. The largest absolute Gasteiger partial charge is 0.375 e. The van der Waals surface area contributed by atoms with Crippen LogP contribution in [-0.4, -0.2) is 24.8 Å². The maximum absolute atomic E-state index is 6.13. The van der Waals surface area contributed by atoms with Crippen LogP contribution in [0.3, 0.4) is 0 Å². The van der Waals surface area contributed by atoms with Crippen molar-refractivity contribution in [3.05, 3.63) is 0 Å². The Morgan fingerprint density at radius 1 is 1.22 bits per heavy atom. The van der Waals surface area contributed by atoms with Gasteiger partial charge in [-0.3, -0.25) is 0 Å². The first-order valence-electron chi connectivity index (χ1n) is 8.13. The molecule has 2 heteroatoms. The normalized spacial score (nSPS) is 32.8. The Morgan fingerprint density at radius 3 is 2.72 bits per heavy atom. The minimum Gasteiger partial charge on any atom is -0.375 e. The van der Waals surface area contributed by atoms with Gasteiger partial charge in [0.2, 0.25) is 0 Å². The Kier molecular flexibility index (Phi) is 3.95. The molecular weight excluding hydrogens is 222 g/mol. The molecule has 104 valence electrons. The molecule has 1 aliphatic heterocycles. The Balaban J connectivity index is 1.43. The van der Waals surface area contributed by atoms with Gasteiger partial charge < -0.3 is 10.1 Å². The molecule has 0 radical (unpaired) electrons. The van der Waals surface area contributed by atoms with E-state index in [-0.39, 0.29) is 0 Å². The highest BCUT2D eigenvalue weighted by atomic mass is 16.5. The van der Waals surface area contributed by atoms with Crippen LogP contribution in [0.25, 0.3) is 0 Å². The second kappa shape index (κ2) is 5.50. The van der Waals surface area contributed by atoms with Gasteiger partial charge in [-0.2, -0.15) is 0 Å². The predicted molar refractivity (Wildman–Crippen MR) is 74.7 cm³/mol. The molecule has 0 aromatic carbocycles. The average Bonchev–Trinajstić information content (AvgIpc) is 3.09. The van der Waals surface area contributed by atoms with Crippen LogP contribution in [0, 0.1) is 11.8 Å². The number of rotatable bonds is 5. The van der Waals surface area contributed by atoms with E-state index in [0.29, 0.717) is 5.60 Å². The Hall–Kier alpha value is -0.0800. The third kappa shape index (κ3) is 3.27. The summed E-state index contributed by atoms with van der Waals surface area (Å²) in [7, 11) is 0. The number of nitrogens with one attached hydrogen (secondary N) is 1. The molecule has 0 aromatic rings. The van der Waals surface area contributed by atoms with E-state index in [0.717, 1.165) is 24.5 Å². The standard InChI is InChI=1S/C16H29NO/c1-13(12-17-15-4-5-15)10-14-6-9-18-16(11-14)7-2-3-8-16/h13-15,17H,2-12H2,1H3. The molecule has 1 spiro atoms. The smallest absolute Gasteiger partial charge is 0.0685 e. The van der Waals surface area contributed by atoms with Gasteiger partial charge in [0.15, 0.2) is 0 Å². The highest BCUT2D eigenvalue weighted by molar-refractivity contribution is 4.91. The van der Waals surface area contributed by atoms with E-state index in [9.17, 15) is 0 Å². The quantitative estimate of drug-likeness (QED) is 0.807. The molecule has 1 N–H and O–H groups in total. The fourth-order valence-electron chi connectivity index (χ4n) is 4.01. The molecule has 3 aliphatic rings. The van der Waals surface area contributed by atoms with Gasteiger partial charge in [-0.1, -0.05) is 19.8 Å². The average molecular weight is 251 g/mol. The van der Waals surface area contributed by atoms with E-state index in [1.54, 1.807) is 0 Å². The summed E-state index contributed by atoms with van der Waals surface area (Å²) in [6.45, 7) is 4.68. The van der Waals surface area contributed by atoms with Gasteiger partial charge in [0.25, 0.3) is 0 Å². The lowest BCUT2D eigenvalue weighted by Crippen LogP contribution is -2.38. The van der Waals surface area contributed by atoms with Gasteiger partial charge in [0, 0.05) is 12.6 Å². The van der Waals surface area contributed by atoms with Crippen molar-refractivity contribution >= 4 is 0 Å². The fraction of sp³-hybridized carbons (Fsp3) is 1.00. The van der Waals surface area contributed by atoms with E-state index in [1.807, 2.05) is 0 Å². The second-order valence-corrected chi connectivity index (χ2v) is 7.12. The van der Waals surface area contributed by atoms with Crippen molar-refractivity contribution in [1.82, 2.24) is 5.32 Å². The van der Waals surface area contributed by atoms with E-state index < -0.39 is 0 Å². The first kappa shape index (κ1) is 12.9. The monoisotopic (exact) mass is 251 g/mol. The fourth-order valence-corrected chi connectivity index (χ4v) is 4.01. The van der Waals surface area contributed by atoms with Crippen molar-refractivity contribution in [2.45, 2.75) is 76.4 Å². The zero-order chi connectivity index (χ0) is 12.4. The van der Waals surface area contributed by atoms with Gasteiger partial charge in [0.05, 0.1) is 5.60 Å². The summed E-state index contributed by atoms with van der Waals surface area (Å²) < 4.78 is 6.13. The van der Waals surface area contributed by atoms with Crippen LogP contribution in [-0.2, 0) is 4.74 Å². The molecule has 1 saturated heterocycles. The summed E-state index contributed by atoms with van der Waals surface area (Å²) in [4.78, 5) is 0. The van der Waals surface area contributed by atoms with Crippen molar-refractivity contribution in [3.8, 4) is 0 Å². The van der Waals surface area contributed by atoms with E-state index in [4.69, 9.17) is 4.74 Å². The topological polar surface area (TPSA) is 21.3 Å². The summed E-state index contributed by atoms with van der Waals surface area (Å²) in [5, 5.41) is 3.68. The number of ether oxygens (including phenoxy) is 1. The van der Waals surface area contributed by atoms with Crippen LogP contribution in [0.2, 0.25) is 0 Å². The molecular formula is C16H29NO. The lowest BCUT2D eigenvalue weighted by Gasteiger charge is -2.39. The summed E-state index contributed by atoms with van der Waals surface area (Å²) in [6, 6.07) is 0.864. The van der Waals surface area contributed by atoms with Gasteiger partial charge in [-0.25, -0.2) is 0 Å². The molecule has 2 saturated carbocycles. The molecule has 0 amide bonds. The van der Waals surface area contributed by atoms with Crippen LogP contribution >= 0.6 is 0 Å². The van der Waals surface area contributed by atoms with Crippen LogP contribution in [0.15, 0.2) is 0 Å². The Bertz CT molecular complexity index is 268.